The quantitative estimate of drug-likeness (QED) is 0.401. The second-order valence-electron chi connectivity index (χ2n) is 5.20. The van der Waals surface area contributed by atoms with E-state index in [1.165, 1.54) is 6.42 Å². The lowest BCUT2D eigenvalue weighted by Gasteiger charge is -2.13. The van der Waals surface area contributed by atoms with Crippen molar-refractivity contribution in [3.05, 3.63) is 35.4 Å². The fourth-order valence-corrected chi connectivity index (χ4v) is 2.33. The molecule has 0 aliphatic heterocycles. The van der Waals surface area contributed by atoms with E-state index in [2.05, 4.69) is 18.8 Å². The summed E-state index contributed by atoms with van der Waals surface area (Å²) in [6.45, 7) is 9.48. The highest BCUT2D eigenvalue weighted by Crippen LogP contribution is 2.36. The number of ether oxygens (including phenoxy) is 3. The molecule has 1 aromatic rings. The first-order valence-electron chi connectivity index (χ1n) is 8.11. The van der Waals surface area contributed by atoms with Gasteiger partial charge in [0.25, 0.3) is 0 Å². The van der Waals surface area contributed by atoms with Crippen molar-refractivity contribution in [2.45, 2.75) is 32.7 Å². The first-order chi connectivity index (χ1) is 11.2. The van der Waals surface area contributed by atoms with Gasteiger partial charge in [-0.3, -0.25) is 0 Å². The number of hydrogen-bond donors (Lipinski definition) is 1. The van der Waals surface area contributed by atoms with Crippen LogP contribution in [0.3, 0.4) is 0 Å². The zero-order valence-electron chi connectivity index (χ0n) is 14.6. The molecule has 6 heteroatoms. The molecule has 0 atom stereocenters. The molecule has 0 saturated heterocycles. The summed E-state index contributed by atoms with van der Waals surface area (Å²) in [5.74, 6) is 1.20. The van der Waals surface area contributed by atoms with Gasteiger partial charge in [-0.25, -0.2) is 0 Å². The van der Waals surface area contributed by atoms with Gasteiger partial charge in [-0.15, -0.1) is 12.4 Å². The van der Waals surface area contributed by atoms with Crippen LogP contribution >= 0.6 is 24.0 Å². The summed E-state index contributed by atoms with van der Waals surface area (Å²) in [4.78, 5) is 0. The smallest absolute Gasteiger partial charge is 0.180 e. The van der Waals surface area contributed by atoms with Gasteiger partial charge in [0.2, 0.25) is 0 Å². The van der Waals surface area contributed by atoms with Gasteiger partial charge in [0, 0.05) is 19.8 Å². The van der Waals surface area contributed by atoms with Crippen LogP contribution in [0.4, 0.5) is 0 Å². The molecule has 1 N–H and O–H groups in total. The largest absolute Gasteiger partial charge is 0.493 e. The third-order valence-corrected chi connectivity index (χ3v) is 3.53. The second-order valence-corrected chi connectivity index (χ2v) is 5.61. The van der Waals surface area contributed by atoms with Crippen LogP contribution in [0, 0.1) is 0 Å². The van der Waals surface area contributed by atoms with Crippen molar-refractivity contribution in [2.24, 2.45) is 0 Å². The summed E-state index contributed by atoms with van der Waals surface area (Å²) in [6, 6.07) is 3.84. The Balaban J connectivity index is 0.00000529. The van der Waals surface area contributed by atoms with Gasteiger partial charge in [-0.05, 0) is 37.1 Å². The minimum Gasteiger partial charge on any atom is -0.493 e. The predicted molar refractivity (Wildman–Crippen MR) is 103 cm³/mol. The molecule has 1 rings (SSSR count). The number of methoxy groups -OCH3 is 1. The van der Waals surface area contributed by atoms with E-state index >= 15 is 0 Å². The van der Waals surface area contributed by atoms with Crippen LogP contribution < -0.4 is 14.8 Å². The SMILES string of the molecule is C=CCOc1c(Cl)cc(CNCCCOCCCC)cc1OC.Cl. The molecule has 0 spiro atoms. The summed E-state index contributed by atoms with van der Waals surface area (Å²) >= 11 is 6.27. The van der Waals surface area contributed by atoms with Gasteiger partial charge in [-0.1, -0.05) is 37.6 Å². The zero-order valence-corrected chi connectivity index (χ0v) is 16.2. The maximum absolute atomic E-state index is 6.27. The van der Waals surface area contributed by atoms with Gasteiger partial charge in [0.05, 0.1) is 12.1 Å². The third-order valence-electron chi connectivity index (χ3n) is 3.25. The molecule has 0 saturated carbocycles. The Morgan fingerprint density at radius 3 is 2.67 bits per heavy atom. The highest BCUT2D eigenvalue weighted by molar-refractivity contribution is 6.32. The van der Waals surface area contributed by atoms with Crippen LogP contribution in [0.15, 0.2) is 24.8 Å². The molecule has 24 heavy (non-hydrogen) atoms. The summed E-state index contributed by atoms with van der Waals surface area (Å²) < 4.78 is 16.4. The van der Waals surface area contributed by atoms with E-state index in [4.69, 9.17) is 25.8 Å². The van der Waals surface area contributed by atoms with Crippen LogP contribution in [0.25, 0.3) is 0 Å². The summed E-state index contributed by atoms with van der Waals surface area (Å²) in [6.07, 6.45) is 4.97. The van der Waals surface area contributed by atoms with Crippen molar-refractivity contribution >= 4 is 24.0 Å². The molecule has 0 aromatic heterocycles. The number of halogens is 2. The van der Waals surface area contributed by atoms with Crippen LogP contribution in [-0.2, 0) is 11.3 Å². The van der Waals surface area contributed by atoms with Crippen molar-refractivity contribution in [3.8, 4) is 11.5 Å². The highest BCUT2D eigenvalue weighted by Gasteiger charge is 2.11. The van der Waals surface area contributed by atoms with E-state index in [0.717, 1.165) is 44.7 Å². The van der Waals surface area contributed by atoms with Gasteiger partial charge < -0.3 is 19.5 Å². The lowest BCUT2D eigenvalue weighted by molar-refractivity contribution is 0.129. The van der Waals surface area contributed by atoms with Gasteiger partial charge >= 0.3 is 0 Å². The topological polar surface area (TPSA) is 39.7 Å². The average Bonchev–Trinajstić information content (AvgIpc) is 2.55. The number of hydrogen-bond acceptors (Lipinski definition) is 4. The monoisotopic (exact) mass is 377 g/mol. The van der Waals surface area contributed by atoms with E-state index < -0.39 is 0 Å². The molecule has 0 fully saturated rings. The average molecular weight is 378 g/mol. The Labute approximate surface area is 156 Å². The van der Waals surface area contributed by atoms with Gasteiger partial charge in [0.15, 0.2) is 11.5 Å². The fraction of sp³-hybridized carbons (Fsp3) is 0.556. The van der Waals surface area contributed by atoms with Crippen molar-refractivity contribution < 1.29 is 14.2 Å². The number of rotatable bonds is 13. The minimum absolute atomic E-state index is 0. The molecule has 0 amide bonds. The standard InChI is InChI=1S/C18H28ClNO3.ClH/c1-4-6-10-22-11-7-8-20-14-15-12-16(19)18(23-9-5-2)17(13-15)21-3;/h5,12-13,20H,2,4,6-11,14H2,1,3H3;1H. The van der Waals surface area contributed by atoms with E-state index in [0.29, 0.717) is 23.1 Å². The Hall–Kier alpha value is -0.940. The van der Waals surface area contributed by atoms with Gasteiger partial charge in [0.1, 0.15) is 6.61 Å². The molecular weight excluding hydrogens is 349 g/mol. The van der Waals surface area contributed by atoms with Crippen molar-refractivity contribution in [1.29, 1.82) is 0 Å². The minimum atomic E-state index is 0. The summed E-state index contributed by atoms with van der Waals surface area (Å²) in [5.41, 5.74) is 1.06. The maximum atomic E-state index is 6.27. The van der Waals surface area contributed by atoms with Crippen LogP contribution in [0.5, 0.6) is 11.5 Å². The maximum Gasteiger partial charge on any atom is 0.180 e. The van der Waals surface area contributed by atoms with E-state index in [1.54, 1.807) is 13.2 Å². The van der Waals surface area contributed by atoms with Crippen LogP contribution in [0.1, 0.15) is 31.7 Å². The Morgan fingerprint density at radius 1 is 1.25 bits per heavy atom. The second kappa shape index (κ2) is 14.4. The Bertz CT molecular complexity index is 470. The van der Waals surface area contributed by atoms with Crippen molar-refractivity contribution in [3.63, 3.8) is 0 Å². The molecule has 1 aromatic carbocycles. The number of benzene rings is 1. The molecular formula is C18H29Cl2NO3. The first-order valence-corrected chi connectivity index (χ1v) is 8.49. The van der Waals surface area contributed by atoms with Crippen molar-refractivity contribution in [2.75, 3.05) is 33.5 Å². The predicted octanol–water partition coefficient (Wildman–Crippen LogP) is 4.63. The lowest BCUT2D eigenvalue weighted by Crippen LogP contribution is -2.16. The molecule has 138 valence electrons. The first kappa shape index (κ1) is 23.1. The number of nitrogens with one attached hydrogen (secondary N) is 1. The van der Waals surface area contributed by atoms with E-state index in [9.17, 15) is 0 Å². The summed E-state index contributed by atoms with van der Waals surface area (Å²) in [5, 5.41) is 3.93. The molecule has 0 aliphatic rings. The normalized spacial score (nSPS) is 10.1. The van der Waals surface area contributed by atoms with E-state index in [1.807, 2.05) is 12.1 Å². The zero-order chi connectivity index (χ0) is 16.9. The number of unbranched alkanes of at least 4 members (excludes halogenated alkanes) is 1. The molecule has 0 heterocycles. The molecule has 0 unspecified atom stereocenters. The molecule has 0 bridgehead atoms. The van der Waals surface area contributed by atoms with Crippen LogP contribution in [-0.4, -0.2) is 33.5 Å². The Morgan fingerprint density at radius 2 is 2.00 bits per heavy atom. The highest BCUT2D eigenvalue weighted by atomic mass is 35.5. The molecule has 0 aliphatic carbocycles. The third kappa shape index (κ3) is 8.78. The lowest BCUT2D eigenvalue weighted by atomic mass is 10.2. The van der Waals surface area contributed by atoms with Crippen molar-refractivity contribution in [1.82, 2.24) is 5.32 Å². The van der Waals surface area contributed by atoms with Gasteiger partial charge in [-0.2, -0.15) is 0 Å². The molecule has 0 radical (unpaired) electrons. The van der Waals surface area contributed by atoms with E-state index in [-0.39, 0.29) is 12.4 Å². The van der Waals surface area contributed by atoms with Crippen LogP contribution in [0.2, 0.25) is 5.02 Å². The molecule has 4 nitrogen and oxygen atoms in total. The fourth-order valence-electron chi connectivity index (χ4n) is 2.04. The Kier molecular flexibility index (Phi) is 13.8. The summed E-state index contributed by atoms with van der Waals surface area (Å²) in [7, 11) is 1.61.